The molecule has 4 nitrogen and oxygen atoms in total. The molecule has 0 radical (unpaired) electrons. The molecule has 62 valence electrons. The molecule has 1 aromatic heterocycles. The Hall–Kier alpha value is -1.03. The molecular weight excluding hydrogens is 142 g/mol. The summed E-state index contributed by atoms with van der Waals surface area (Å²) in [7, 11) is 0. The summed E-state index contributed by atoms with van der Waals surface area (Å²) >= 11 is 0. The fourth-order valence-electron chi connectivity index (χ4n) is 1.04. The van der Waals surface area contributed by atoms with Gasteiger partial charge >= 0.3 is 5.69 Å². The maximum atomic E-state index is 10.7. The summed E-state index contributed by atoms with van der Waals surface area (Å²) in [6, 6.07) is 0. The summed E-state index contributed by atoms with van der Waals surface area (Å²) in [5, 5.41) is 0. The van der Waals surface area contributed by atoms with Crippen LogP contribution >= 0.6 is 0 Å². The fourth-order valence-corrected chi connectivity index (χ4v) is 1.04. The quantitative estimate of drug-likeness (QED) is 0.570. The van der Waals surface area contributed by atoms with E-state index in [-0.39, 0.29) is 5.69 Å². The fraction of sp³-hybridized carbons (Fsp3) is 0.571. The summed E-state index contributed by atoms with van der Waals surface area (Å²) in [6.07, 6.45) is 1.76. The first-order valence-corrected chi connectivity index (χ1v) is 3.72. The van der Waals surface area contributed by atoms with Crippen LogP contribution in [0.5, 0.6) is 0 Å². The average Bonchev–Trinajstić information content (AvgIpc) is 2.26. The highest BCUT2D eigenvalue weighted by atomic mass is 16.1. The third kappa shape index (κ3) is 1.94. The van der Waals surface area contributed by atoms with Crippen molar-refractivity contribution in [3.63, 3.8) is 0 Å². The van der Waals surface area contributed by atoms with Gasteiger partial charge in [0.2, 0.25) is 0 Å². The van der Waals surface area contributed by atoms with E-state index in [0.717, 1.165) is 24.2 Å². The molecule has 1 aromatic rings. The van der Waals surface area contributed by atoms with Crippen molar-refractivity contribution < 1.29 is 0 Å². The van der Waals surface area contributed by atoms with E-state index in [1.807, 2.05) is 6.92 Å². The number of hydrogen-bond acceptors (Lipinski definition) is 2. The van der Waals surface area contributed by atoms with E-state index in [1.165, 1.54) is 0 Å². The van der Waals surface area contributed by atoms with Crippen molar-refractivity contribution in [1.82, 2.24) is 9.97 Å². The Kier molecular flexibility index (Phi) is 2.48. The number of aryl methyl sites for hydroxylation is 2. The first kappa shape index (κ1) is 8.07. The zero-order valence-electron chi connectivity index (χ0n) is 6.61. The summed E-state index contributed by atoms with van der Waals surface area (Å²) in [5.74, 6) is 0. The van der Waals surface area contributed by atoms with Crippen LogP contribution in [0.25, 0.3) is 0 Å². The molecule has 4 heteroatoms. The smallest absolute Gasteiger partial charge is 0.323 e. The third-order valence-electron chi connectivity index (χ3n) is 1.65. The van der Waals surface area contributed by atoms with Crippen LogP contribution in [0.1, 0.15) is 17.8 Å². The summed E-state index contributed by atoms with van der Waals surface area (Å²) in [6.45, 7) is 2.54. The summed E-state index contributed by atoms with van der Waals surface area (Å²) in [4.78, 5) is 16.1. The molecule has 0 aliphatic carbocycles. The van der Waals surface area contributed by atoms with Crippen LogP contribution in [-0.2, 0) is 6.42 Å². The van der Waals surface area contributed by atoms with Gasteiger partial charge in [-0.2, -0.15) is 0 Å². The number of nitrogens with two attached hydrogens (primary N) is 1. The van der Waals surface area contributed by atoms with E-state index in [9.17, 15) is 4.79 Å². The average molecular weight is 155 g/mol. The van der Waals surface area contributed by atoms with Gasteiger partial charge in [0.25, 0.3) is 0 Å². The van der Waals surface area contributed by atoms with Gasteiger partial charge in [0, 0.05) is 11.4 Å². The minimum atomic E-state index is -0.130. The van der Waals surface area contributed by atoms with Crippen LogP contribution in [0.2, 0.25) is 0 Å². The Labute approximate surface area is 64.8 Å². The molecule has 0 unspecified atom stereocenters. The van der Waals surface area contributed by atoms with Gasteiger partial charge in [-0.15, -0.1) is 0 Å². The molecule has 0 saturated carbocycles. The second-order valence-corrected chi connectivity index (χ2v) is 2.57. The van der Waals surface area contributed by atoms with Crippen LogP contribution < -0.4 is 11.4 Å². The van der Waals surface area contributed by atoms with E-state index in [0.29, 0.717) is 6.54 Å². The van der Waals surface area contributed by atoms with Gasteiger partial charge in [-0.25, -0.2) is 4.79 Å². The predicted molar refractivity (Wildman–Crippen MR) is 43.5 cm³/mol. The van der Waals surface area contributed by atoms with Crippen LogP contribution in [0.15, 0.2) is 4.79 Å². The molecule has 0 fully saturated rings. The molecule has 0 aliphatic heterocycles. The molecule has 1 heterocycles. The van der Waals surface area contributed by atoms with E-state index >= 15 is 0 Å². The molecule has 0 bridgehead atoms. The van der Waals surface area contributed by atoms with Gasteiger partial charge in [-0.05, 0) is 26.3 Å². The van der Waals surface area contributed by atoms with Crippen molar-refractivity contribution in [3.05, 3.63) is 21.9 Å². The van der Waals surface area contributed by atoms with E-state index in [4.69, 9.17) is 5.73 Å². The second kappa shape index (κ2) is 3.39. The van der Waals surface area contributed by atoms with Gasteiger partial charge in [0.15, 0.2) is 0 Å². The topological polar surface area (TPSA) is 74.7 Å². The maximum Gasteiger partial charge on any atom is 0.323 e. The molecule has 0 spiro atoms. The minimum Gasteiger partial charge on any atom is -0.330 e. The normalized spacial score (nSPS) is 10.4. The van der Waals surface area contributed by atoms with Gasteiger partial charge in [0.05, 0.1) is 0 Å². The third-order valence-corrected chi connectivity index (χ3v) is 1.65. The number of H-pyrrole nitrogens is 2. The molecule has 1 rings (SSSR count). The van der Waals surface area contributed by atoms with Crippen molar-refractivity contribution in [1.29, 1.82) is 0 Å². The summed E-state index contributed by atoms with van der Waals surface area (Å²) < 4.78 is 0. The van der Waals surface area contributed by atoms with Crippen molar-refractivity contribution in [3.8, 4) is 0 Å². The van der Waals surface area contributed by atoms with Crippen molar-refractivity contribution in [2.45, 2.75) is 19.8 Å². The number of hydrogen-bond donors (Lipinski definition) is 3. The van der Waals surface area contributed by atoms with Crippen molar-refractivity contribution in [2.75, 3.05) is 6.54 Å². The second-order valence-electron chi connectivity index (χ2n) is 2.57. The molecule has 0 aliphatic rings. The molecular formula is C7H13N3O. The first-order chi connectivity index (χ1) is 5.24. The van der Waals surface area contributed by atoms with Crippen LogP contribution in [0.3, 0.4) is 0 Å². The Balaban J connectivity index is 2.69. The van der Waals surface area contributed by atoms with Gasteiger partial charge in [-0.1, -0.05) is 0 Å². The Morgan fingerprint density at radius 3 is 2.64 bits per heavy atom. The highest BCUT2D eigenvalue weighted by Gasteiger charge is 2.00. The largest absolute Gasteiger partial charge is 0.330 e. The maximum absolute atomic E-state index is 10.7. The lowest BCUT2D eigenvalue weighted by atomic mass is 10.2. The van der Waals surface area contributed by atoms with Crippen LogP contribution in [0.4, 0.5) is 0 Å². The van der Waals surface area contributed by atoms with Gasteiger partial charge < -0.3 is 15.7 Å². The van der Waals surface area contributed by atoms with E-state index in [2.05, 4.69) is 9.97 Å². The number of rotatable bonds is 3. The van der Waals surface area contributed by atoms with Crippen molar-refractivity contribution in [2.24, 2.45) is 5.73 Å². The van der Waals surface area contributed by atoms with Crippen LogP contribution in [-0.4, -0.2) is 16.5 Å². The Morgan fingerprint density at radius 1 is 1.45 bits per heavy atom. The predicted octanol–water partition coefficient (Wildman–Crippen LogP) is -0.0973. The van der Waals surface area contributed by atoms with Gasteiger partial charge in [0.1, 0.15) is 0 Å². The molecule has 4 N–H and O–H groups in total. The Morgan fingerprint density at radius 2 is 2.18 bits per heavy atom. The van der Waals surface area contributed by atoms with Crippen molar-refractivity contribution >= 4 is 0 Å². The lowest BCUT2D eigenvalue weighted by molar-refractivity contribution is 0.809. The monoisotopic (exact) mass is 155 g/mol. The lowest BCUT2D eigenvalue weighted by Gasteiger charge is -1.94. The molecule has 11 heavy (non-hydrogen) atoms. The minimum absolute atomic E-state index is 0.130. The first-order valence-electron chi connectivity index (χ1n) is 3.72. The van der Waals surface area contributed by atoms with E-state index in [1.54, 1.807) is 0 Å². The lowest BCUT2D eigenvalue weighted by Crippen LogP contribution is -2.03. The van der Waals surface area contributed by atoms with Crippen LogP contribution in [0, 0.1) is 6.92 Å². The number of imidazole rings is 1. The number of aromatic nitrogens is 2. The summed E-state index contributed by atoms with van der Waals surface area (Å²) in [5.41, 5.74) is 7.09. The molecule has 0 saturated heterocycles. The molecule has 0 aromatic carbocycles. The number of nitrogens with one attached hydrogen (secondary N) is 2. The highest BCUT2D eigenvalue weighted by Crippen LogP contribution is 1.99. The molecule has 0 amide bonds. The SMILES string of the molecule is Cc1[nH]c(=O)[nH]c1CCCN. The van der Waals surface area contributed by atoms with Gasteiger partial charge in [-0.3, -0.25) is 0 Å². The van der Waals surface area contributed by atoms with E-state index < -0.39 is 0 Å². The molecule has 0 atom stereocenters. The standard InChI is InChI=1S/C7H13N3O/c1-5-6(3-2-4-8)10-7(11)9-5/h2-4,8H2,1H3,(H2,9,10,11). The zero-order chi connectivity index (χ0) is 8.27. The zero-order valence-corrected chi connectivity index (χ0v) is 6.61. The highest BCUT2D eigenvalue weighted by molar-refractivity contribution is 5.08. The Bertz CT molecular complexity index is 273. The number of aromatic amines is 2.